The van der Waals surface area contributed by atoms with Gasteiger partial charge in [-0.3, -0.25) is 0 Å². The Balaban J connectivity index is 2.20. The van der Waals surface area contributed by atoms with E-state index < -0.39 is 15.8 Å². The summed E-state index contributed by atoms with van der Waals surface area (Å²) in [6.07, 6.45) is 1.54. The molecule has 1 aliphatic heterocycles. The van der Waals surface area contributed by atoms with Crippen LogP contribution in [0.3, 0.4) is 0 Å². The van der Waals surface area contributed by atoms with Crippen molar-refractivity contribution in [3.8, 4) is 0 Å². The van der Waals surface area contributed by atoms with Gasteiger partial charge in [0.25, 0.3) is 0 Å². The highest BCUT2D eigenvalue weighted by Gasteiger charge is 2.25. The molecule has 1 aliphatic rings. The van der Waals surface area contributed by atoms with Gasteiger partial charge in [0.1, 0.15) is 5.82 Å². The largest absolute Gasteiger partial charge is 0.316 e. The lowest BCUT2D eigenvalue weighted by Gasteiger charge is -2.29. The van der Waals surface area contributed by atoms with Gasteiger partial charge < -0.3 is 10.2 Å². The fraction of sp³-hybridized carbons (Fsp3) is 0.571. The van der Waals surface area contributed by atoms with Crippen molar-refractivity contribution in [3.05, 3.63) is 29.6 Å². The van der Waals surface area contributed by atoms with Crippen molar-refractivity contribution >= 4 is 10.0 Å². The zero-order valence-electron chi connectivity index (χ0n) is 12.4. The molecule has 21 heavy (non-hydrogen) atoms. The van der Waals surface area contributed by atoms with E-state index in [4.69, 9.17) is 0 Å². The molecule has 0 atom stereocenters. The van der Waals surface area contributed by atoms with E-state index in [2.05, 4.69) is 14.9 Å². The summed E-state index contributed by atoms with van der Waals surface area (Å²) in [5.74, 6) is -0.543. The van der Waals surface area contributed by atoms with Gasteiger partial charge in [-0.1, -0.05) is 6.07 Å². The van der Waals surface area contributed by atoms with Gasteiger partial charge in [-0.25, -0.2) is 17.5 Å². The molecule has 1 fully saturated rings. The summed E-state index contributed by atoms with van der Waals surface area (Å²) in [7, 11) is 0.0413. The Kier molecular flexibility index (Phi) is 5.32. The lowest BCUT2D eigenvalue weighted by atomic mass is 10.1. The standard InChI is InChI=1S/C14H22FN3O2S/c1-16-10-11-3-4-12(15)9-14(11)21(19,20)17-13-5-7-18(2)8-6-13/h3-4,9,13,16-17H,5-8,10H2,1-2H3. The normalized spacial score (nSPS) is 18.0. The maximum Gasteiger partial charge on any atom is 0.241 e. The predicted molar refractivity (Wildman–Crippen MR) is 80.0 cm³/mol. The summed E-state index contributed by atoms with van der Waals surface area (Å²) in [5, 5.41) is 2.90. The number of benzene rings is 1. The Morgan fingerprint density at radius 1 is 1.33 bits per heavy atom. The molecule has 0 amide bonds. The smallest absolute Gasteiger partial charge is 0.241 e. The first-order valence-corrected chi connectivity index (χ1v) is 8.54. The molecular formula is C14H22FN3O2S. The van der Waals surface area contributed by atoms with Crippen molar-refractivity contribution in [1.82, 2.24) is 14.9 Å². The molecule has 1 heterocycles. The fourth-order valence-electron chi connectivity index (χ4n) is 2.52. The van der Waals surface area contributed by atoms with Crippen molar-refractivity contribution < 1.29 is 12.8 Å². The summed E-state index contributed by atoms with van der Waals surface area (Å²) < 4.78 is 41.2. The Morgan fingerprint density at radius 3 is 2.62 bits per heavy atom. The van der Waals surface area contributed by atoms with Crippen molar-refractivity contribution in [3.63, 3.8) is 0 Å². The van der Waals surface area contributed by atoms with E-state index in [1.807, 2.05) is 7.05 Å². The van der Waals surface area contributed by atoms with Crippen molar-refractivity contribution in [2.45, 2.75) is 30.3 Å². The molecule has 0 radical (unpaired) electrons. The second-order valence-electron chi connectivity index (χ2n) is 5.48. The van der Waals surface area contributed by atoms with Crippen LogP contribution in [0.1, 0.15) is 18.4 Å². The van der Waals surface area contributed by atoms with Crippen LogP contribution in [0, 0.1) is 5.82 Å². The first-order chi connectivity index (χ1) is 9.92. The van der Waals surface area contributed by atoms with E-state index in [-0.39, 0.29) is 10.9 Å². The number of piperidine rings is 1. The van der Waals surface area contributed by atoms with Crippen molar-refractivity contribution in [1.29, 1.82) is 0 Å². The lowest BCUT2D eigenvalue weighted by molar-refractivity contribution is 0.248. The van der Waals surface area contributed by atoms with Crippen LogP contribution in [0.2, 0.25) is 0 Å². The molecule has 1 aromatic carbocycles. The van der Waals surface area contributed by atoms with Gasteiger partial charge in [-0.15, -0.1) is 0 Å². The summed E-state index contributed by atoms with van der Waals surface area (Å²) in [6.45, 7) is 2.10. The lowest BCUT2D eigenvalue weighted by Crippen LogP contribution is -2.43. The molecular weight excluding hydrogens is 293 g/mol. The minimum absolute atomic E-state index is 0.0239. The molecule has 1 aromatic rings. The third kappa shape index (κ3) is 4.23. The molecule has 0 aliphatic carbocycles. The number of nitrogens with one attached hydrogen (secondary N) is 2. The second-order valence-corrected chi connectivity index (χ2v) is 7.16. The third-order valence-corrected chi connectivity index (χ3v) is 5.33. The first-order valence-electron chi connectivity index (χ1n) is 7.06. The maximum absolute atomic E-state index is 13.4. The summed E-state index contributed by atoms with van der Waals surface area (Å²) >= 11 is 0. The molecule has 5 nitrogen and oxygen atoms in total. The summed E-state index contributed by atoms with van der Waals surface area (Å²) in [5.41, 5.74) is 0.569. The number of halogens is 1. The Hall–Kier alpha value is -1.02. The first kappa shape index (κ1) is 16.4. The average molecular weight is 315 g/mol. The Labute approximate surface area is 125 Å². The van der Waals surface area contributed by atoms with Crippen LogP contribution in [0.5, 0.6) is 0 Å². The zero-order valence-corrected chi connectivity index (χ0v) is 13.2. The van der Waals surface area contributed by atoms with Crippen molar-refractivity contribution in [2.75, 3.05) is 27.2 Å². The van der Waals surface area contributed by atoms with E-state index in [1.54, 1.807) is 7.05 Å². The molecule has 2 N–H and O–H groups in total. The van der Waals surface area contributed by atoms with E-state index in [0.717, 1.165) is 32.0 Å². The highest BCUT2D eigenvalue weighted by Crippen LogP contribution is 2.19. The molecule has 2 rings (SSSR count). The number of nitrogens with zero attached hydrogens (tertiary/aromatic N) is 1. The summed E-state index contributed by atoms with van der Waals surface area (Å²) in [4.78, 5) is 2.19. The van der Waals surface area contributed by atoms with E-state index in [0.29, 0.717) is 12.1 Å². The van der Waals surface area contributed by atoms with Crippen LogP contribution in [0.4, 0.5) is 4.39 Å². The molecule has 0 bridgehead atoms. The van der Waals surface area contributed by atoms with Gasteiger partial charge in [0.15, 0.2) is 0 Å². The third-order valence-electron chi connectivity index (χ3n) is 3.73. The molecule has 0 unspecified atom stereocenters. The van der Waals surface area contributed by atoms with Gasteiger partial charge in [0.05, 0.1) is 4.90 Å². The van der Waals surface area contributed by atoms with Crippen LogP contribution in [0.25, 0.3) is 0 Å². The van der Waals surface area contributed by atoms with Crippen LogP contribution in [-0.2, 0) is 16.6 Å². The van der Waals surface area contributed by atoms with E-state index >= 15 is 0 Å². The monoisotopic (exact) mass is 315 g/mol. The van der Waals surface area contributed by atoms with Crippen LogP contribution < -0.4 is 10.0 Å². The SMILES string of the molecule is CNCc1ccc(F)cc1S(=O)(=O)NC1CCN(C)CC1. The molecule has 1 saturated heterocycles. The predicted octanol–water partition coefficient (Wildman–Crippen LogP) is 0.918. The topological polar surface area (TPSA) is 61.4 Å². The number of sulfonamides is 1. The second kappa shape index (κ2) is 6.83. The average Bonchev–Trinajstić information content (AvgIpc) is 2.43. The molecule has 118 valence electrons. The molecule has 0 saturated carbocycles. The quantitative estimate of drug-likeness (QED) is 0.848. The van der Waals surface area contributed by atoms with Gasteiger partial charge >= 0.3 is 0 Å². The van der Waals surface area contributed by atoms with Gasteiger partial charge in [0, 0.05) is 12.6 Å². The molecule has 0 spiro atoms. The zero-order chi connectivity index (χ0) is 15.5. The van der Waals surface area contributed by atoms with E-state index in [1.165, 1.54) is 12.1 Å². The van der Waals surface area contributed by atoms with Gasteiger partial charge in [-0.05, 0) is 57.7 Å². The van der Waals surface area contributed by atoms with Crippen LogP contribution >= 0.6 is 0 Å². The van der Waals surface area contributed by atoms with Gasteiger partial charge in [-0.2, -0.15) is 0 Å². The van der Waals surface area contributed by atoms with Gasteiger partial charge in [0.2, 0.25) is 10.0 Å². The molecule has 7 heteroatoms. The summed E-state index contributed by atoms with van der Waals surface area (Å²) in [6, 6.07) is 3.79. The molecule has 0 aromatic heterocycles. The maximum atomic E-state index is 13.4. The minimum Gasteiger partial charge on any atom is -0.316 e. The minimum atomic E-state index is -3.70. The van der Waals surface area contributed by atoms with E-state index in [9.17, 15) is 12.8 Å². The Bertz CT molecular complexity index is 584. The van der Waals surface area contributed by atoms with Crippen molar-refractivity contribution in [2.24, 2.45) is 0 Å². The van der Waals surface area contributed by atoms with Crippen LogP contribution in [0.15, 0.2) is 23.1 Å². The highest BCUT2D eigenvalue weighted by atomic mass is 32.2. The van der Waals surface area contributed by atoms with Crippen LogP contribution in [-0.4, -0.2) is 46.5 Å². The number of likely N-dealkylation sites (tertiary alicyclic amines) is 1. The number of hydrogen-bond donors (Lipinski definition) is 2. The Morgan fingerprint density at radius 2 is 2.00 bits per heavy atom. The number of hydrogen-bond acceptors (Lipinski definition) is 4. The fourth-order valence-corrected chi connectivity index (χ4v) is 4.08. The highest BCUT2D eigenvalue weighted by molar-refractivity contribution is 7.89. The number of rotatable bonds is 5.